The molecule has 0 bridgehead atoms. The van der Waals surface area contributed by atoms with Crippen molar-refractivity contribution in [2.24, 2.45) is 0 Å². The second-order valence-electron chi connectivity index (χ2n) is 13.8. The van der Waals surface area contributed by atoms with E-state index in [4.69, 9.17) is 32.0 Å². The molecule has 1 saturated heterocycles. The molecule has 0 aromatic heterocycles. The minimum atomic E-state index is -2.74. The van der Waals surface area contributed by atoms with Crippen molar-refractivity contribution in [2.75, 3.05) is 39.5 Å². The van der Waals surface area contributed by atoms with Crippen LogP contribution in [0.3, 0.4) is 0 Å². The maximum atomic E-state index is 13.8. The minimum absolute atomic E-state index is 0.0529. The average Bonchev–Trinajstić information content (AvgIpc) is 3.15. The number of hydrogen-bond acceptors (Lipinski definition) is 9. The van der Waals surface area contributed by atoms with Crippen LogP contribution in [0.15, 0.2) is 89.8 Å². The number of carboxylic acid groups (broad SMARTS) is 3. The van der Waals surface area contributed by atoms with Crippen LogP contribution in [-0.4, -0.2) is 108 Å². The van der Waals surface area contributed by atoms with Gasteiger partial charge in [-0.3, -0.25) is 28.7 Å². The highest BCUT2D eigenvalue weighted by molar-refractivity contribution is 7.84. The zero-order valence-corrected chi connectivity index (χ0v) is 32.4. The van der Waals surface area contributed by atoms with Gasteiger partial charge in [0.1, 0.15) is 0 Å². The Morgan fingerprint density at radius 3 is 2.11 bits per heavy atom. The van der Waals surface area contributed by atoms with Crippen LogP contribution in [0.1, 0.15) is 65.4 Å². The summed E-state index contributed by atoms with van der Waals surface area (Å²) in [6, 6.07) is 26.0. The van der Waals surface area contributed by atoms with E-state index in [2.05, 4.69) is 11.0 Å². The van der Waals surface area contributed by atoms with Crippen LogP contribution in [0.4, 0.5) is 5.69 Å². The van der Waals surface area contributed by atoms with E-state index in [1.54, 1.807) is 24.3 Å². The lowest BCUT2D eigenvalue weighted by atomic mass is 9.88. The maximum absolute atomic E-state index is 13.8. The van der Waals surface area contributed by atoms with E-state index in [-0.39, 0.29) is 17.5 Å². The molecule has 0 radical (unpaired) electrons. The lowest BCUT2D eigenvalue weighted by molar-refractivity contribution is -0.384. The number of nitro benzene ring substituents is 1. The molecule has 298 valence electrons. The maximum Gasteiger partial charge on any atom is 0.336 e. The first-order valence-electron chi connectivity index (χ1n) is 17.7. The fraction of sp³-hybridized carbons (Fsp3) is 0.350. The number of fused-ring (bicyclic) bond motifs is 1. The van der Waals surface area contributed by atoms with Crippen molar-refractivity contribution < 1.29 is 48.7 Å². The predicted octanol–water partition coefficient (Wildman–Crippen LogP) is 6.02. The molecule has 4 aromatic carbocycles. The Kier molecular flexibility index (Phi) is 15.2. The fourth-order valence-electron chi connectivity index (χ4n) is 6.89. The van der Waals surface area contributed by atoms with E-state index >= 15 is 0 Å². The molecule has 1 aliphatic rings. The van der Waals surface area contributed by atoms with Crippen molar-refractivity contribution >= 4 is 62.7 Å². The van der Waals surface area contributed by atoms with Crippen LogP contribution in [0.5, 0.6) is 0 Å². The van der Waals surface area contributed by atoms with E-state index in [0.717, 1.165) is 49.4 Å². The number of carbonyl (C=O) groups excluding carboxylic acids is 1. The number of hydrogen-bond donors (Lipinski definition) is 4. The molecule has 1 amide bonds. The summed E-state index contributed by atoms with van der Waals surface area (Å²) in [4.78, 5) is 60.5. The average molecular weight is 810 g/mol. The highest BCUT2D eigenvalue weighted by atomic mass is 35.5. The number of amides is 1. The van der Waals surface area contributed by atoms with Gasteiger partial charge in [-0.1, -0.05) is 66.2 Å². The number of carboxylic acids is 3. The number of carbonyl (C=O) groups is 4. The summed E-state index contributed by atoms with van der Waals surface area (Å²) >= 11 is 6.20. The molecular formula is C40H44ClN3O11S. The molecule has 16 heteroatoms. The highest BCUT2D eigenvalue weighted by Crippen LogP contribution is 2.33. The molecule has 1 fully saturated rings. The van der Waals surface area contributed by atoms with Crippen LogP contribution in [0.25, 0.3) is 10.8 Å². The first kappa shape index (κ1) is 43.5. The van der Waals surface area contributed by atoms with E-state index in [1.165, 1.54) is 17.7 Å². The number of nitrogens with zero attached hydrogens (tertiary/aromatic N) is 3. The predicted molar refractivity (Wildman–Crippen MR) is 211 cm³/mol. The zero-order valence-electron chi connectivity index (χ0n) is 30.9. The summed E-state index contributed by atoms with van der Waals surface area (Å²) in [5.74, 6) is -4.81. The molecule has 56 heavy (non-hydrogen) atoms. The van der Waals surface area contributed by atoms with Crippen LogP contribution in [-0.2, 0) is 25.2 Å². The number of benzene rings is 4. The molecule has 5 rings (SSSR count). The van der Waals surface area contributed by atoms with Gasteiger partial charge in [-0.2, -0.15) is 0 Å². The lowest BCUT2D eigenvalue weighted by Crippen LogP contribution is -2.42. The molecule has 0 aliphatic carbocycles. The third-order valence-electron chi connectivity index (χ3n) is 9.81. The highest BCUT2D eigenvalue weighted by Gasteiger charge is 2.40. The Labute approximate surface area is 330 Å². The molecule has 0 saturated carbocycles. The van der Waals surface area contributed by atoms with Crippen LogP contribution in [0, 0.1) is 10.1 Å². The molecule has 4 aromatic rings. The third-order valence-corrected chi connectivity index (χ3v) is 11.0. The van der Waals surface area contributed by atoms with Gasteiger partial charge in [-0.25, -0.2) is 4.79 Å². The Bertz CT molecular complexity index is 2070. The second-order valence-corrected chi connectivity index (χ2v) is 15.6. The van der Waals surface area contributed by atoms with E-state index < -0.39 is 52.1 Å². The summed E-state index contributed by atoms with van der Waals surface area (Å²) in [6.45, 7) is 3.25. The van der Waals surface area contributed by atoms with Gasteiger partial charge in [0, 0.05) is 47.8 Å². The van der Waals surface area contributed by atoms with Crippen LogP contribution in [0.2, 0.25) is 5.02 Å². The number of likely N-dealkylation sites (N-methyl/N-ethyl adjacent to an activating group) is 1. The Hall–Kier alpha value is -5.22. The van der Waals surface area contributed by atoms with Gasteiger partial charge in [-0.15, -0.1) is 0 Å². The molecule has 1 heterocycles. The van der Waals surface area contributed by atoms with Gasteiger partial charge in [0.05, 0.1) is 34.1 Å². The Morgan fingerprint density at radius 1 is 0.946 bits per heavy atom. The normalized spacial score (nSPS) is 14.6. The molecule has 0 spiro atoms. The van der Waals surface area contributed by atoms with Gasteiger partial charge in [-0.05, 0) is 84.9 Å². The van der Waals surface area contributed by atoms with E-state index in [1.807, 2.05) is 60.7 Å². The number of nitro groups is 1. The number of halogens is 1. The largest absolute Gasteiger partial charge is 0.481 e. The summed E-state index contributed by atoms with van der Waals surface area (Å²) in [6.07, 6.45) is 2.32. The topological polar surface area (TPSA) is 216 Å². The van der Waals surface area contributed by atoms with Crippen LogP contribution >= 0.6 is 11.6 Å². The minimum Gasteiger partial charge on any atom is -0.481 e. The van der Waals surface area contributed by atoms with Crippen molar-refractivity contribution in [3.63, 3.8) is 0 Å². The number of likely N-dealkylation sites (tertiary alicyclic amines) is 1. The zero-order chi connectivity index (χ0) is 41.2. The van der Waals surface area contributed by atoms with Gasteiger partial charge in [0.25, 0.3) is 11.6 Å². The second kappa shape index (κ2) is 19.6. The molecule has 2 unspecified atom stereocenters. The van der Waals surface area contributed by atoms with Crippen molar-refractivity contribution in [1.82, 2.24) is 9.80 Å². The summed E-state index contributed by atoms with van der Waals surface area (Å²) in [5, 5.41) is 47.4. The molecule has 2 atom stereocenters. The first-order chi connectivity index (χ1) is 26.5. The summed E-state index contributed by atoms with van der Waals surface area (Å²) in [7, 11) is 0.756. The standard InChI is InChI=1S/C34H36ClN3O4S.C6H8O7/c1-36(34(39)32-22-29(38(40)41)21-26-7-3-4-8-30(26)32)23-27(24-11-13-28(35)14-12-24)17-20-37-18-15-25(16-19-37)31-9-5-6-10-33(31)43(2)42;7-3(8)1-6(13,5(11)12)2-4(9)10/h3-14,21-22,25,27H,15-20,23H2,1-2H3;13H,1-2H2,(H,7,8)(H,9,10)(H,11,12). The lowest BCUT2D eigenvalue weighted by Gasteiger charge is -2.34. The number of piperidine rings is 1. The third kappa shape index (κ3) is 11.6. The molecule has 14 nitrogen and oxygen atoms in total. The van der Waals surface area contributed by atoms with Gasteiger partial charge < -0.3 is 30.2 Å². The van der Waals surface area contributed by atoms with E-state index in [0.29, 0.717) is 33.8 Å². The number of non-ortho nitro benzene ring substituents is 1. The van der Waals surface area contributed by atoms with Crippen molar-refractivity contribution in [2.45, 2.75) is 54.4 Å². The Morgan fingerprint density at radius 2 is 1.54 bits per heavy atom. The summed E-state index contributed by atoms with van der Waals surface area (Å²) in [5.41, 5.74) is -0.200. The molecular weight excluding hydrogens is 766 g/mol. The van der Waals surface area contributed by atoms with E-state index in [9.17, 15) is 33.5 Å². The quantitative estimate of drug-likeness (QED) is 0.0802. The molecule has 1 aliphatic heterocycles. The monoisotopic (exact) mass is 809 g/mol. The number of aliphatic carboxylic acids is 3. The first-order valence-corrected chi connectivity index (χ1v) is 19.6. The molecule has 4 N–H and O–H groups in total. The fourth-order valence-corrected chi connectivity index (χ4v) is 7.86. The Balaban J connectivity index is 0.000000460. The SMILES string of the molecule is CN(CC(CCN1CCC(c2ccccc2S(C)=O)CC1)c1ccc(Cl)cc1)C(=O)c1cc([N+](=O)[O-])cc2ccccc12.O=C(O)CC(O)(CC(=O)O)C(=O)O. The van der Waals surface area contributed by atoms with Gasteiger partial charge >= 0.3 is 17.9 Å². The van der Waals surface area contributed by atoms with Gasteiger partial charge in [0.2, 0.25) is 0 Å². The number of rotatable bonds is 15. The smallest absolute Gasteiger partial charge is 0.336 e. The van der Waals surface area contributed by atoms with Crippen LogP contribution < -0.4 is 0 Å². The number of aliphatic hydroxyl groups is 1. The summed E-state index contributed by atoms with van der Waals surface area (Å²) < 4.78 is 12.3. The van der Waals surface area contributed by atoms with Crippen molar-refractivity contribution in [3.8, 4) is 0 Å². The van der Waals surface area contributed by atoms with Crippen molar-refractivity contribution in [1.29, 1.82) is 0 Å². The van der Waals surface area contributed by atoms with Gasteiger partial charge in [0.15, 0.2) is 5.60 Å². The van der Waals surface area contributed by atoms with Crippen molar-refractivity contribution in [3.05, 3.63) is 117 Å².